The fraction of sp³-hybridized carbons (Fsp3) is 0.222. The summed E-state index contributed by atoms with van der Waals surface area (Å²) in [5.74, 6) is 0.769. The molecule has 1 N–H and O–H groups in total. The summed E-state index contributed by atoms with van der Waals surface area (Å²) < 4.78 is 0.806. The molecule has 0 saturated carbocycles. The first-order chi connectivity index (χ1) is 12.5. The third-order valence-corrected chi connectivity index (χ3v) is 5.72. The van der Waals surface area contributed by atoms with E-state index in [1.165, 1.54) is 33.9 Å². The van der Waals surface area contributed by atoms with E-state index in [1.807, 2.05) is 0 Å². The van der Waals surface area contributed by atoms with E-state index in [1.54, 1.807) is 17.8 Å². The second kappa shape index (κ2) is 8.29. The van der Waals surface area contributed by atoms with Crippen LogP contribution in [-0.2, 0) is 4.79 Å². The number of nitrogens with zero attached hydrogens (tertiary/aromatic N) is 2. The summed E-state index contributed by atoms with van der Waals surface area (Å²) in [5.41, 5.74) is 1.75. The second-order valence-electron chi connectivity index (χ2n) is 5.74. The first-order valence-electron chi connectivity index (χ1n) is 8.05. The smallest absolute Gasteiger partial charge is 0.271 e. The van der Waals surface area contributed by atoms with Gasteiger partial charge < -0.3 is 5.32 Å². The highest BCUT2D eigenvalue weighted by molar-refractivity contribution is 7.99. The number of nitro groups is 1. The maximum absolute atomic E-state index is 12.1. The van der Waals surface area contributed by atoms with E-state index in [0.717, 1.165) is 16.9 Å². The van der Waals surface area contributed by atoms with Crippen molar-refractivity contribution in [3.63, 3.8) is 0 Å². The molecule has 0 aliphatic carbocycles. The zero-order valence-electron chi connectivity index (χ0n) is 14.1. The summed E-state index contributed by atoms with van der Waals surface area (Å²) >= 11 is 3.04. The molecule has 3 aromatic rings. The number of carbonyl (C=O) groups is 1. The van der Waals surface area contributed by atoms with Crippen LogP contribution in [0.2, 0.25) is 0 Å². The zero-order valence-corrected chi connectivity index (χ0v) is 15.7. The number of hydrogen-bond donors (Lipinski definition) is 1. The minimum atomic E-state index is -0.456. The lowest BCUT2D eigenvalue weighted by atomic mass is 10.2. The molecule has 0 unspecified atom stereocenters. The molecule has 2 aromatic carbocycles. The van der Waals surface area contributed by atoms with Gasteiger partial charge in [-0.05, 0) is 37.3 Å². The molecule has 0 bridgehead atoms. The number of hydrogen-bond acceptors (Lipinski definition) is 6. The largest absolute Gasteiger partial charge is 0.302 e. The molecule has 8 heteroatoms. The number of nitro benzene ring substituents is 1. The molecule has 134 valence electrons. The summed E-state index contributed by atoms with van der Waals surface area (Å²) in [6.07, 6.45) is 1.18. The first kappa shape index (κ1) is 18.3. The lowest BCUT2D eigenvalue weighted by Gasteiger charge is -2.03. The van der Waals surface area contributed by atoms with E-state index >= 15 is 0 Å². The summed E-state index contributed by atoms with van der Waals surface area (Å²) in [6.45, 7) is 2.05. The Morgan fingerprint density at radius 3 is 2.77 bits per heavy atom. The quantitative estimate of drug-likeness (QED) is 0.266. The van der Waals surface area contributed by atoms with Crippen LogP contribution in [0.25, 0.3) is 10.2 Å². The monoisotopic (exact) mass is 387 g/mol. The number of anilines is 1. The Bertz CT molecular complexity index is 939. The number of non-ortho nitro benzene ring substituents is 1. The number of rotatable bonds is 7. The van der Waals surface area contributed by atoms with Gasteiger partial charge in [0.1, 0.15) is 0 Å². The lowest BCUT2D eigenvalue weighted by molar-refractivity contribution is -0.384. The average molecular weight is 387 g/mol. The second-order valence-corrected chi connectivity index (χ2v) is 7.94. The summed E-state index contributed by atoms with van der Waals surface area (Å²) in [5, 5.41) is 14.0. The van der Waals surface area contributed by atoms with Crippen molar-refractivity contribution in [1.29, 1.82) is 0 Å². The fourth-order valence-electron chi connectivity index (χ4n) is 2.32. The first-order valence-corrected chi connectivity index (χ1v) is 9.86. The highest BCUT2D eigenvalue weighted by atomic mass is 32.2. The normalized spacial score (nSPS) is 10.8. The van der Waals surface area contributed by atoms with Crippen LogP contribution in [0.1, 0.15) is 18.4 Å². The number of amides is 1. The van der Waals surface area contributed by atoms with Gasteiger partial charge in [-0.25, -0.2) is 4.98 Å². The maximum atomic E-state index is 12.1. The number of nitrogens with one attached hydrogen (secondary N) is 1. The Balaban J connectivity index is 1.49. The SMILES string of the molecule is Cc1ccc(SCCCC(=O)Nc2nc3cc([N+](=O)[O-])ccc3s2)cc1. The topological polar surface area (TPSA) is 85.1 Å². The number of benzene rings is 2. The minimum Gasteiger partial charge on any atom is -0.302 e. The van der Waals surface area contributed by atoms with E-state index < -0.39 is 4.92 Å². The molecule has 0 aliphatic rings. The van der Waals surface area contributed by atoms with Crippen molar-refractivity contribution < 1.29 is 9.72 Å². The van der Waals surface area contributed by atoms with Gasteiger partial charge in [0.2, 0.25) is 5.91 Å². The van der Waals surface area contributed by atoms with E-state index in [-0.39, 0.29) is 11.6 Å². The van der Waals surface area contributed by atoms with Crippen LogP contribution in [0, 0.1) is 17.0 Å². The number of carbonyl (C=O) groups excluding carboxylic acids is 1. The minimum absolute atomic E-state index is 0.00573. The van der Waals surface area contributed by atoms with Crippen LogP contribution in [0.3, 0.4) is 0 Å². The van der Waals surface area contributed by atoms with Crippen LogP contribution in [0.4, 0.5) is 10.8 Å². The molecule has 1 aromatic heterocycles. The van der Waals surface area contributed by atoms with E-state index in [9.17, 15) is 14.9 Å². The van der Waals surface area contributed by atoms with E-state index in [2.05, 4.69) is 41.5 Å². The molecule has 3 rings (SSSR count). The van der Waals surface area contributed by atoms with Crippen molar-refractivity contribution in [1.82, 2.24) is 4.98 Å². The van der Waals surface area contributed by atoms with Gasteiger partial charge in [-0.3, -0.25) is 14.9 Å². The predicted molar refractivity (Wildman–Crippen MR) is 106 cm³/mol. The third-order valence-electron chi connectivity index (χ3n) is 3.67. The highest BCUT2D eigenvalue weighted by Gasteiger charge is 2.12. The van der Waals surface area contributed by atoms with Crippen molar-refractivity contribution in [3.8, 4) is 0 Å². The molecular formula is C18H17N3O3S2. The number of fused-ring (bicyclic) bond motifs is 1. The van der Waals surface area contributed by atoms with Gasteiger partial charge in [0, 0.05) is 23.4 Å². The van der Waals surface area contributed by atoms with Crippen LogP contribution in [0.15, 0.2) is 47.4 Å². The van der Waals surface area contributed by atoms with Gasteiger partial charge in [-0.15, -0.1) is 11.8 Å². The molecule has 1 heterocycles. The van der Waals surface area contributed by atoms with E-state index in [0.29, 0.717) is 17.1 Å². The van der Waals surface area contributed by atoms with Crippen molar-refractivity contribution in [3.05, 3.63) is 58.1 Å². The van der Waals surface area contributed by atoms with Gasteiger partial charge >= 0.3 is 0 Å². The van der Waals surface area contributed by atoms with Gasteiger partial charge in [-0.1, -0.05) is 29.0 Å². The van der Waals surface area contributed by atoms with Gasteiger partial charge in [0.05, 0.1) is 15.1 Å². The summed E-state index contributed by atoms with van der Waals surface area (Å²) in [7, 11) is 0. The zero-order chi connectivity index (χ0) is 18.5. The van der Waals surface area contributed by atoms with Crippen LogP contribution < -0.4 is 5.32 Å². The third kappa shape index (κ3) is 4.80. The summed E-state index contributed by atoms with van der Waals surface area (Å²) in [4.78, 5) is 27.9. The Kier molecular flexibility index (Phi) is 5.85. The molecule has 0 fully saturated rings. The van der Waals surface area contributed by atoms with Gasteiger partial charge in [0.15, 0.2) is 5.13 Å². The molecule has 6 nitrogen and oxygen atoms in total. The lowest BCUT2D eigenvalue weighted by Crippen LogP contribution is -2.11. The van der Waals surface area contributed by atoms with Crippen molar-refractivity contribution >= 4 is 50.0 Å². The Morgan fingerprint density at radius 1 is 1.27 bits per heavy atom. The predicted octanol–water partition coefficient (Wildman–Crippen LogP) is 5.02. The fourth-order valence-corrected chi connectivity index (χ4v) is 4.04. The molecule has 0 aliphatic heterocycles. The highest BCUT2D eigenvalue weighted by Crippen LogP contribution is 2.29. The molecule has 0 saturated heterocycles. The maximum Gasteiger partial charge on any atom is 0.271 e. The van der Waals surface area contributed by atoms with Crippen molar-refractivity contribution in [2.45, 2.75) is 24.7 Å². The summed E-state index contributed by atoms with van der Waals surface area (Å²) in [6, 6.07) is 12.8. The Labute approximate surface area is 158 Å². The molecular weight excluding hydrogens is 370 g/mol. The standard InChI is InChI=1S/C18H17N3O3S2/c1-12-4-7-14(8-5-12)25-10-2-3-17(22)20-18-19-15-11-13(21(23)24)6-9-16(15)26-18/h4-9,11H,2-3,10H2,1H3,(H,19,20,22). The Morgan fingerprint density at radius 2 is 2.04 bits per heavy atom. The number of thiazole rings is 1. The van der Waals surface area contributed by atoms with Crippen molar-refractivity contribution in [2.24, 2.45) is 0 Å². The van der Waals surface area contributed by atoms with E-state index in [4.69, 9.17) is 0 Å². The molecule has 26 heavy (non-hydrogen) atoms. The number of aryl methyl sites for hydroxylation is 1. The molecule has 0 atom stereocenters. The average Bonchev–Trinajstić information content (AvgIpc) is 3.01. The van der Waals surface area contributed by atoms with Gasteiger partial charge in [-0.2, -0.15) is 0 Å². The van der Waals surface area contributed by atoms with Gasteiger partial charge in [0.25, 0.3) is 5.69 Å². The molecule has 0 spiro atoms. The van der Waals surface area contributed by atoms with Crippen LogP contribution in [0.5, 0.6) is 0 Å². The Hall–Kier alpha value is -2.45. The number of thioether (sulfide) groups is 1. The molecule has 0 radical (unpaired) electrons. The van der Waals surface area contributed by atoms with Crippen LogP contribution in [-0.4, -0.2) is 21.6 Å². The molecule has 1 amide bonds. The number of aromatic nitrogens is 1. The van der Waals surface area contributed by atoms with Crippen LogP contribution >= 0.6 is 23.1 Å². The van der Waals surface area contributed by atoms with Crippen molar-refractivity contribution in [2.75, 3.05) is 11.1 Å².